The minimum Gasteiger partial charge on any atom is -0.489 e. The van der Waals surface area contributed by atoms with Crippen LogP contribution < -0.4 is 4.74 Å². The summed E-state index contributed by atoms with van der Waals surface area (Å²) in [5.41, 5.74) is 0. The van der Waals surface area contributed by atoms with E-state index in [1.807, 2.05) is 0 Å². The van der Waals surface area contributed by atoms with Crippen molar-refractivity contribution in [1.82, 2.24) is 0 Å². The molecular formula is C9H9FO. The van der Waals surface area contributed by atoms with Gasteiger partial charge in [-0.2, -0.15) is 0 Å². The summed E-state index contributed by atoms with van der Waals surface area (Å²) in [6, 6.07) is 6.02. The maximum absolute atomic E-state index is 12.5. The third-order valence-corrected chi connectivity index (χ3v) is 1.16. The van der Waals surface area contributed by atoms with Crippen LogP contribution in [0.2, 0.25) is 0 Å². The lowest BCUT2D eigenvalue weighted by Gasteiger charge is -2.01. The molecule has 0 saturated heterocycles. The summed E-state index contributed by atoms with van der Waals surface area (Å²) in [5.74, 6) is 0.247. The fourth-order valence-electron chi connectivity index (χ4n) is 0.712. The summed E-state index contributed by atoms with van der Waals surface area (Å²) in [4.78, 5) is 0. The molecule has 1 rings (SSSR count). The Morgan fingerprint density at radius 3 is 3.00 bits per heavy atom. The first-order valence-corrected chi connectivity index (χ1v) is 3.32. The summed E-state index contributed by atoms with van der Waals surface area (Å²) in [6.45, 7) is 3.89. The molecule has 1 nitrogen and oxygen atoms in total. The van der Waals surface area contributed by atoms with Gasteiger partial charge in [0.15, 0.2) is 0 Å². The molecular weight excluding hydrogens is 143 g/mol. The molecule has 0 amide bonds. The molecule has 0 N–H and O–H groups in total. The molecule has 0 unspecified atom stereocenters. The first kappa shape index (κ1) is 7.79. The number of hydrogen-bond acceptors (Lipinski definition) is 1. The van der Waals surface area contributed by atoms with E-state index in [4.69, 9.17) is 4.74 Å². The third kappa shape index (κ3) is 2.42. The van der Waals surface area contributed by atoms with Gasteiger partial charge in [0, 0.05) is 6.07 Å². The Morgan fingerprint density at radius 2 is 2.36 bits per heavy atom. The first-order valence-electron chi connectivity index (χ1n) is 3.32. The Kier molecular flexibility index (Phi) is 2.66. The number of ether oxygens (including phenoxy) is 1. The molecule has 0 atom stereocenters. The highest BCUT2D eigenvalue weighted by molar-refractivity contribution is 5.22. The van der Waals surface area contributed by atoms with Crippen LogP contribution in [-0.2, 0) is 0 Å². The lowest BCUT2D eigenvalue weighted by Crippen LogP contribution is -1.92. The molecule has 2 heteroatoms. The summed E-state index contributed by atoms with van der Waals surface area (Å²) in [7, 11) is 0. The lowest BCUT2D eigenvalue weighted by atomic mass is 10.3. The Labute approximate surface area is 65.1 Å². The van der Waals surface area contributed by atoms with Crippen molar-refractivity contribution in [2.24, 2.45) is 0 Å². The second-order valence-electron chi connectivity index (χ2n) is 2.06. The SMILES string of the molecule is C=CCOc1cccc(F)c1. The molecule has 0 radical (unpaired) electrons. The number of halogens is 1. The van der Waals surface area contributed by atoms with E-state index in [2.05, 4.69) is 6.58 Å². The van der Waals surface area contributed by atoms with E-state index < -0.39 is 0 Å². The number of rotatable bonds is 3. The second-order valence-corrected chi connectivity index (χ2v) is 2.06. The van der Waals surface area contributed by atoms with Crippen molar-refractivity contribution >= 4 is 0 Å². The van der Waals surface area contributed by atoms with E-state index in [-0.39, 0.29) is 5.82 Å². The molecule has 1 aromatic rings. The van der Waals surface area contributed by atoms with Gasteiger partial charge in [-0.25, -0.2) is 4.39 Å². The smallest absolute Gasteiger partial charge is 0.126 e. The van der Waals surface area contributed by atoms with Gasteiger partial charge >= 0.3 is 0 Å². The van der Waals surface area contributed by atoms with Crippen molar-refractivity contribution in [3.63, 3.8) is 0 Å². The normalized spacial score (nSPS) is 9.18. The quantitative estimate of drug-likeness (QED) is 0.604. The average molecular weight is 152 g/mol. The summed E-state index contributed by atoms with van der Waals surface area (Å²) in [6.07, 6.45) is 1.62. The molecule has 0 aliphatic carbocycles. The van der Waals surface area contributed by atoms with Crippen LogP contribution in [0.1, 0.15) is 0 Å². The van der Waals surface area contributed by atoms with Crippen molar-refractivity contribution in [3.8, 4) is 5.75 Å². The van der Waals surface area contributed by atoms with Crippen LogP contribution in [-0.4, -0.2) is 6.61 Å². The van der Waals surface area contributed by atoms with Gasteiger partial charge < -0.3 is 4.74 Å². The molecule has 0 bridgehead atoms. The zero-order valence-corrected chi connectivity index (χ0v) is 6.09. The van der Waals surface area contributed by atoms with Gasteiger partial charge in [-0.05, 0) is 12.1 Å². The molecule has 0 saturated carbocycles. The van der Waals surface area contributed by atoms with Crippen molar-refractivity contribution in [2.45, 2.75) is 0 Å². The number of hydrogen-bond donors (Lipinski definition) is 0. The van der Waals surface area contributed by atoms with Gasteiger partial charge in [-0.3, -0.25) is 0 Å². The van der Waals surface area contributed by atoms with Gasteiger partial charge in [0.05, 0.1) is 0 Å². The maximum atomic E-state index is 12.5. The van der Waals surface area contributed by atoms with E-state index >= 15 is 0 Å². The van der Waals surface area contributed by atoms with Crippen molar-refractivity contribution in [3.05, 3.63) is 42.7 Å². The fourth-order valence-corrected chi connectivity index (χ4v) is 0.712. The number of benzene rings is 1. The van der Waals surface area contributed by atoms with Crippen molar-refractivity contribution in [2.75, 3.05) is 6.61 Å². The Bertz CT molecular complexity index is 245. The molecule has 0 aliphatic heterocycles. The summed E-state index contributed by atoms with van der Waals surface area (Å²) in [5, 5.41) is 0. The van der Waals surface area contributed by atoms with Gasteiger partial charge in [-0.1, -0.05) is 18.7 Å². The lowest BCUT2D eigenvalue weighted by molar-refractivity contribution is 0.361. The predicted octanol–water partition coefficient (Wildman–Crippen LogP) is 2.39. The van der Waals surface area contributed by atoms with E-state index in [9.17, 15) is 4.39 Å². The van der Waals surface area contributed by atoms with Crippen LogP contribution >= 0.6 is 0 Å². The van der Waals surface area contributed by atoms with Crippen LogP contribution in [0.25, 0.3) is 0 Å². The minimum absolute atomic E-state index is 0.286. The van der Waals surface area contributed by atoms with E-state index in [0.717, 1.165) is 0 Å². The van der Waals surface area contributed by atoms with E-state index in [1.54, 1.807) is 18.2 Å². The Balaban J connectivity index is 2.63. The topological polar surface area (TPSA) is 9.23 Å². The second kappa shape index (κ2) is 3.76. The molecule has 0 spiro atoms. The first-order chi connectivity index (χ1) is 5.33. The van der Waals surface area contributed by atoms with Crippen LogP contribution in [0.5, 0.6) is 5.75 Å². The van der Waals surface area contributed by atoms with Gasteiger partial charge in [0.1, 0.15) is 18.2 Å². The van der Waals surface area contributed by atoms with Crippen LogP contribution in [0, 0.1) is 5.82 Å². The van der Waals surface area contributed by atoms with Crippen molar-refractivity contribution < 1.29 is 9.13 Å². The van der Waals surface area contributed by atoms with Crippen LogP contribution in [0.15, 0.2) is 36.9 Å². The summed E-state index contributed by atoms with van der Waals surface area (Å²) >= 11 is 0. The molecule has 0 aromatic heterocycles. The average Bonchev–Trinajstić information content (AvgIpc) is 2.01. The van der Waals surface area contributed by atoms with Crippen LogP contribution in [0.4, 0.5) is 4.39 Å². The summed E-state index contributed by atoms with van der Waals surface area (Å²) < 4.78 is 17.6. The molecule has 58 valence electrons. The molecule has 0 heterocycles. The van der Waals surface area contributed by atoms with E-state index in [0.29, 0.717) is 12.4 Å². The Morgan fingerprint density at radius 1 is 1.55 bits per heavy atom. The fraction of sp³-hybridized carbons (Fsp3) is 0.111. The Hall–Kier alpha value is -1.31. The molecule has 0 fully saturated rings. The highest BCUT2D eigenvalue weighted by atomic mass is 19.1. The molecule has 0 aliphatic rings. The highest BCUT2D eigenvalue weighted by Gasteiger charge is 1.92. The van der Waals surface area contributed by atoms with Crippen molar-refractivity contribution in [1.29, 1.82) is 0 Å². The molecule has 1 aromatic carbocycles. The predicted molar refractivity (Wildman–Crippen MR) is 42.1 cm³/mol. The molecule has 11 heavy (non-hydrogen) atoms. The standard InChI is InChI=1S/C9H9FO/c1-2-6-11-9-5-3-4-8(10)7-9/h2-5,7H,1,6H2. The largest absolute Gasteiger partial charge is 0.489 e. The minimum atomic E-state index is -0.286. The van der Waals surface area contributed by atoms with Gasteiger partial charge in [0.2, 0.25) is 0 Å². The highest BCUT2D eigenvalue weighted by Crippen LogP contribution is 2.11. The third-order valence-electron chi connectivity index (χ3n) is 1.16. The zero-order valence-electron chi connectivity index (χ0n) is 6.09. The monoisotopic (exact) mass is 152 g/mol. The van der Waals surface area contributed by atoms with E-state index in [1.165, 1.54) is 12.1 Å². The van der Waals surface area contributed by atoms with Crippen LogP contribution in [0.3, 0.4) is 0 Å². The maximum Gasteiger partial charge on any atom is 0.126 e. The zero-order chi connectivity index (χ0) is 8.10. The van der Waals surface area contributed by atoms with Gasteiger partial charge in [0.25, 0.3) is 0 Å². The van der Waals surface area contributed by atoms with Gasteiger partial charge in [-0.15, -0.1) is 0 Å².